The minimum atomic E-state index is -0.0903. The maximum Gasteiger partial charge on any atom is 0.322 e. The van der Waals surface area contributed by atoms with E-state index in [1.165, 1.54) is 39.2 Å². The van der Waals surface area contributed by atoms with Gasteiger partial charge in [-0.25, -0.2) is 0 Å². The van der Waals surface area contributed by atoms with E-state index in [0.29, 0.717) is 0 Å². The standard InChI is InChI=1S/C11H19NO2/c1-14-10(13)9-5-8-11(12-9)6-3-2-4-7-11/h9,12H,2-8H2,1H3. The van der Waals surface area contributed by atoms with Crippen LogP contribution in [0.1, 0.15) is 44.9 Å². The van der Waals surface area contributed by atoms with Crippen molar-refractivity contribution < 1.29 is 9.53 Å². The molecule has 0 aromatic carbocycles. The van der Waals surface area contributed by atoms with Crippen LogP contribution in [0.25, 0.3) is 0 Å². The number of rotatable bonds is 1. The molecule has 1 saturated carbocycles. The van der Waals surface area contributed by atoms with Gasteiger partial charge in [-0.05, 0) is 25.7 Å². The molecule has 0 aromatic heterocycles. The predicted octanol–water partition coefficient (Wildman–Crippen LogP) is 1.61. The van der Waals surface area contributed by atoms with Crippen molar-refractivity contribution in [2.24, 2.45) is 0 Å². The number of ether oxygens (including phenoxy) is 1. The minimum Gasteiger partial charge on any atom is -0.468 e. The zero-order valence-corrected chi connectivity index (χ0v) is 8.84. The molecular formula is C11H19NO2. The molecule has 1 N–H and O–H groups in total. The Balaban J connectivity index is 1.95. The molecule has 3 heteroatoms. The number of nitrogens with one attached hydrogen (secondary N) is 1. The first-order valence-electron chi connectivity index (χ1n) is 5.61. The summed E-state index contributed by atoms with van der Waals surface area (Å²) in [5.74, 6) is -0.0903. The summed E-state index contributed by atoms with van der Waals surface area (Å²) < 4.78 is 4.77. The third-order valence-corrected chi connectivity index (χ3v) is 3.69. The Hall–Kier alpha value is -0.570. The second-order valence-electron chi connectivity index (χ2n) is 4.60. The fraction of sp³-hybridized carbons (Fsp3) is 0.909. The van der Waals surface area contributed by atoms with Crippen molar-refractivity contribution in [2.75, 3.05) is 7.11 Å². The Morgan fingerprint density at radius 2 is 2.00 bits per heavy atom. The molecule has 2 aliphatic rings. The summed E-state index contributed by atoms with van der Waals surface area (Å²) in [6.07, 6.45) is 8.54. The number of hydrogen-bond donors (Lipinski definition) is 1. The van der Waals surface area contributed by atoms with Crippen LogP contribution in [0.3, 0.4) is 0 Å². The lowest BCUT2D eigenvalue weighted by molar-refractivity contribution is -0.142. The molecule has 1 aliphatic heterocycles. The van der Waals surface area contributed by atoms with Crippen LogP contribution >= 0.6 is 0 Å². The van der Waals surface area contributed by atoms with E-state index in [1.807, 2.05) is 0 Å². The quantitative estimate of drug-likeness (QED) is 0.649. The molecule has 3 nitrogen and oxygen atoms in total. The van der Waals surface area contributed by atoms with E-state index >= 15 is 0 Å². The van der Waals surface area contributed by atoms with Crippen molar-refractivity contribution in [3.63, 3.8) is 0 Å². The van der Waals surface area contributed by atoms with Gasteiger partial charge in [0.15, 0.2) is 0 Å². The Labute approximate surface area is 85.2 Å². The molecule has 1 spiro atoms. The maximum atomic E-state index is 11.4. The van der Waals surface area contributed by atoms with E-state index in [2.05, 4.69) is 5.32 Å². The Kier molecular flexibility index (Phi) is 2.77. The molecule has 2 fully saturated rings. The van der Waals surface area contributed by atoms with Crippen molar-refractivity contribution in [2.45, 2.75) is 56.5 Å². The lowest BCUT2D eigenvalue weighted by atomic mass is 9.81. The number of carbonyl (C=O) groups is 1. The largest absolute Gasteiger partial charge is 0.468 e. The number of hydrogen-bond acceptors (Lipinski definition) is 3. The van der Waals surface area contributed by atoms with Crippen LogP contribution in [0.4, 0.5) is 0 Å². The van der Waals surface area contributed by atoms with E-state index in [-0.39, 0.29) is 17.6 Å². The van der Waals surface area contributed by atoms with Gasteiger partial charge in [0.25, 0.3) is 0 Å². The highest BCUT2D eigenvalue weighted by Gasteiger charge is 2.41. The van der Waals surface area contributed by atoms with Gasteiger partial charge >= 0.3 is 5.97 Å². The molecule has 0 amide bonds. The Morgan fingerprint density at radius 3 is 2.64 bits per heavy atom. The first-order valence-corrected chi connectivity index (χ1v) is 5.61. The van der Waals surface area contributed by atoms with Crippen LogP contribution in [-0.2, 0) is 9.53 Å². The van der Waals surface area contributed by atoms with Crippen molar-refractivity contribution >= 4 is 5.97 Å². The predicted molar refractivity (Wildman–Crippen MR) is 54.0 cm³/mol. The topological polar surface area (TPSA) is 38.3 Å². The molecule has 1 heterocycles. The van der Waals surface area contributed by atoms with Gasteiger partial charge < -0.3 is 4.74 Å². The molecule has 1 saturated heterocycles. The summed E-state index contributed by atoms with van der Waals surface area (Å²) in [5.41, 5.74) is 0.275. The normalized spacial score (nSPS) is 30.5. The van der Waals surface area contributed by atoms with Gasteiger partial charge in [-0.1, -0.05) is 19.3 Å². The first kappa shape index (κ1) is 9.97. The first-order chi connectivity index (χ1) is 6.76. The lowest BCUT2D eigenvalue weighted by Crippen LogP contribution is -2.47. The molecule has 0 bridgehead atoms. The monoisotopic (exact) mass is 197 g/mol. The van der Waals surface area contributed by atoms with Crippen LogP contribution in [0.15, 0.2) is 0 Å². The minimum absolute atomic E-state index is 0.0434. The molecule has 1 atom stereocenters. The molecular weight excluding hydrogens is 178 g/mol. The van der Waals surface area contributed by atoms with Crippen LogP contribution in [0, 0.1) is 0 Å². The van der Waals surface area contributed by atoms with Gasteiger partial charge in [0, 0.05) is 5.54 Å². The van der Waals surface area contributed by atoms with Crippen LogP contribution in [0.2, 0.25) is 0 Å². The average Bonchev–Trinajstić information content (AvgIpc) is 2.62. The van der Waals surface area contributed by atoms with E-state index in [4.69, 9.17) is 4.74 Å². The highest BCUT2D eigenvalue weighted by molar-refractivity contribution is 5.76. The summed E-state index contributed by atoms with van der Waals surface area (Å²) >= 11 is 0. The van der Waals surface area contributed by atoms with Gasteiger partial charge in [-0.3, -0.25) is 10.1 Å². The van der Waals surface area contributed by atoms with Crippen LogP contribution in [-0.4, -0.2) is 24.7 Å². The molecule has 2 rings (SSSR count). The van der Waals surface area contributed by atoms with Crippen molar-refractivity contribution in [1.82, 2.24) is 5.32 Å². The van der Waals surface area contributed by atoms with Gasteiger partial charge in [0.05, 0.1) is 7.11 Å². The van der Waals surface area contributed by atoms with Gasteiger partial charge in [-0.2, -0.15) is 0 Å². The zero-order chi connectivity index (χ0) is 10.0. The highest BCUT2D eigenvalue weighted by atomic mass is 16.5. The van der Waals surface area contributed by atoms with Gasteiger partial charge in [0.1, 0.15) is 6.04 Å². The Bertz CT molecular complexity index is 221. The molecule has 14 heavy (non-hydrogen) atoms. The van der Waals surface area contributed by atoms with E-state index in [1.54, 1.807) is 0 Å². The average molecular weight is 197 g/mol. The Morgan fingerprint density at radius 1 is 1.29 bits per heavy atom. The summed E-state index contributed by atoms with van der Waals surface area (Å²) in [5, 5.41) is 3.48. The number of esters is 1. The van der Waals surface area contributed by atoms with E-state index in [9.17, 15) is 4.79 Å². The lowest BCUT2D eigenvalue weighted by Gasteiger charge is -2.34. The molecule has 1 unspecified atom stereocenters. The highest BCUT2D eigenvalue weighted by Crippen LogP contribution is 2.37. The number of carbonyl (C=O) groups excluding carboxylic acids is 1. The van der Waals surface area contributed by atoms with Crippen LogP contribution < -0.4 is 5.32 Å². The fourth-order valence-corrected chi connectivity index (χ4v) is 2.88. The molecule has 0 aromatic rings. The van der Waals surface area contributed by atoms with E-state index < -0.39 is 0 Å². The van der Waals surface area contributed by atoms with Crippen molar-refractivity contribution in [1.29, 1.82) is 0 Å². The second-order valence-corrected chi connectivity index (χ2v) is 4.60. The summed E-state index contributed by atoms with van der Waals surface area (Å²) in [6, 6.07) is -0.0434. The van der Waals surface area contributed by atoms with Crippen molar-refractivity contribution in [3.8, 4) is 0 Å². The summed E-state index contributed by atoms with van der Waals surface area (Å²) in [6.45, 7) is 0. The molecule has 1 aliphatic carbocycles. The second kappa shape index (κ2) is 3.89. The smallest absolute Gasteiger partial charge is 0.322 e. The van der Waals surface area contributed by atoms with Gasteiger partial charge in [0.2, 0.25) is 0 Å². The van der Waals surface area contributed by atoms with Crippen LogP contribution in [0.5, 0.6) is 0 Å². The molecule has 0 radical (unpaired) electrons. The summed E-state index contributed by atoms with van der Waals surface area (Å²) in [7, 11) is 1.47. The van der Waals surface area contributed by atoms with Crippen molar-refractivity contribution in [3.05, 3.63) is 0 Å². The number of methoxy groups -OCH3 is 1. The van der Waals surface area contributed by atoms with E-state index in [0.717, 1.165) is 12.8 Å². The SMILES string of the molecule is COC(=O)C1CCC2(CCCCC2)N1. The maximum absolute atomic E-state index is 11.4. The zero-order valence-electron chi connectivity index (χ0n) is 8.84. The third-order valence-electron chi connectivity index (χ3n) is 3.69. The molecule has 80 valence electrons. The third kappa shape index (κ3) is 1.78. The fourth-order valence-electron chi connectivity index (χ4n) is 2.88. The summed E-state index contributed by atoms with van der Waals surface area (Å²) in [4.78, 5) is 11.4. The van der Waals surface area contributed by atoms with Gasteiger partial charge in [-0.15, -0.1) is 0 Å².